The number of hydrogen-bond acceptors (Lipinski definition) is 9. The van der Waals surface area contributed by atoms with Crippen molar-refractivity contribution in [3.8, 4) is 12.1 Å². The summed E-state index contributed by atoms with van der Waals surface area (Å²) in [5, 5.41) is 15.2. The third-order valence-electron chi connectivity index (χ3n) is 8.98. The van der Waals surface area contributed by atoms with Crippen molar-refractivity contribution in [1.82, 2.24) is 20.2 Å². The molecule has 1 N–H and O–H groups in total. The Morgan fingerprint density at radius 2 is 2.02 bits per heavy atom. The molecule has 1 aromatic heterocycles. The highest BCUT2D eigenvalue weighted by Crippen LogP contribution is 2.36. The van der Waals surface area contributed by atoms with Crippen LogP contribution in [0.3, 0.4) is 0 Å². The van der Waals surface area contributed by atoms with Gasteiger partial charge in [-0.2, -0.15) is 15.2 Å². The van der Waals surface area contributed by atoms with Gasteiger partial charge in [0.25, 0.3) is 0 Å². The number of benzene rings is 2. The lowest BCUT2D eigenvalue weighted by Gasteiger charge is -2.42. The second-order valence-corrected chi connectivity index (χ2v) is 11.8. The van der Waals surface area contributed by atoms with Crippen LogP contribution in [0.15, 0.2) is 36.4 Å². The number of nitriles is 1. The van der Waals surface area contributed by atoms with E-state index in [0.717, 1.165) is 56.0 Å². The number of hydrogen-bond donors (Lipinski definition) is 1. The van der Waals surface area contributed by atoms with Crippen molar-refractivity contribution in [2.24, 2.45) is 0 Å². The molecule has 5 heterocycles. The molecule has 1 amide bonds. The van der Waals surface area contributed by atoms with E-state index in [2.05, 4.69) is 64.5 Å². The highest BCUT2D eigenvalue weighted by atomic mass is 16.5. The van der Waals surface area contributed by atoms with E-state index in [1.54, 1.807) is 0 Å². The zero-order chi connectivity index (χ0) is 28.6. The molecule has 218 valence electrons. The number of nitrogens with one attached hydrogen (secondary N) is 1. The average molecular weight is 568 g/mol. The van der Waals surface area contributed by atoms with Crippen molar-refractivity contribution >= 4 is 28.2 Å². The van der Waals surface area contributed by atoms with Crippen molar-refractivity contribution in [2.45, 2.75) is 57.3 Å². The maximum atomic E-state index is 12.9. The van der Waals surface area contributed by atoms with Crippen molar-refractivity contribution in [3.63, 3.8) is 0 Å². The minimum atomic E-state index is -0.181. The van der Waals surface area contributed by atoms with E-state index in [1.165, 1.54) is 22.0 Å². The van der Waals surface area contributed by atoms with Gasteiger partial charge in [0.2, 0.25) is 5.91 Å². The molecular weight excluding hydrogens is 530 g/mol. The maximum Gasteiger partial charge on any atom is 0.318 e. The zero-order valence-electron chi connectivity index (χ0n) is 24.1. The molecule has 7 rings (SSSR count). The number of aryl methyl sites for hydroxylation is 1. The Bertz CT molecular complexity index is 1520. The molecule has 10 nitrogen and oxygen atoms in total. The Kier molecular flexibility index (Phi) is 7.30. The zero-order valence-corrected chi connectivity index (χ0v) is 24.1. The molecular formula is C32H37N7O3. The Morgan fingerprint density at radius 1 is 1.17 bits per heavy atom. The van der Waals surface area contributed by atoms with Crippen LogP contribution in [0.5, 0.6) is 6.01 Å². The summed E-state index contributed by atoms with van der Waals surface area (Å²) in [5.41, 5.74) is 4.58. The molecule has 3 fully saturated rings. The minimum absolute atomic E-state index is 0.0637. The Hall–Kier alpha value is -3.94. The van der Waals surface area contributed by atoms with Gasteiger partial charge in [-0.25, -0.2) is 0 Å². The summed E-state index contributed by atoms with van der Waals surface area (Å²) in [6.45, 7) is 7.37. The molecule has 3 atom stereocenters. The van der Waals surface area contributed by atoms with Crippen LogP contribution >= 0.6 is 0 Å². The van der Waals surface area contributed by atoms with Gasteiger partial charge in [0, 0.05) is 56.0 Å². The topological polar surface area (TPSA) is 117 Å². The Morgan fingerprint density at radius 3 is 2.81 bits per heavy atom. The standard InChI is InChI=1S/C32H37N7O3/c1-21-5-2-6-22-7-3-9-28(29(21)22)37-13-11-25-27(19-37)35-32(42-20-24-8-4-16-41-24)36-30(25)38-14-15-39(23(18-38)10-12-33)31(40)26-17-34-26/h2-3,5-7,9,23-24,26,34H,4,8,10-11,13-20H2,1H3/t23-,24+,26+/m0/s1. The molecule has 0 spiro atoms. The van der Waals surface area contributed by atoms with E-state index >= 15 is 0 Å². The molecule has 10 heteroatoms. The Labute approximate surface area is 246 Å². The van der Waals surface area contributed by atoms with E-state index in [4.69, 9.17) is 19.4 Å². The van der Waals surface area contributed by atoms with Gasteiger partial charge in [-0.05, 0) is 43.2 Å². The van der Waals surface area contributed by atoms with Crippen LogP contribution in [-0.2, 0) is 22.5 Å². The van der Waals surface area contributed by atoms with Crippen LogP contribution in [-0.4, -0.2) is 84.9 Å². The van der Waals surface area contributed by atoms with Crippen LogP contribution in [0.2, 0.25) is 0 Å². The summed E-state index contributed by atoms with van der Waals surface area (Å²) in [5.74, 6) is 0.969. The van der Waals surface area contributed by atoms with Gasteiger partial charge in [-0.15, -0.1) is 0 Å². The van der Waals surface area contributed by atoms with Crippen LogP contribution < -0.4 is 19.9 Å². The van der Waals surface area contributed by atoms with Gasteiger partial charge in [0.05, 0.1) is 42.9 Å². The van der Waals surface area contributed by atoms with Gasteiger partial charge in [-0.1, -0.05) is 30.3 Å². The van der Waals surface area contributed by atoms with Gasteiger partial charge in [0.1, 0.15) is 12.4 Å². The number of ether oxygens (including phenoxy) is 2. The molecule has 4 aliphatic rings. The number of nitrogens with zero attached hydrogens (tertiary/aromatic N) is 6. The Balaban J connectivity index is 1.21. The third-order valence-corrected chi connectivity index (χ3v) is 8.98. The first-order chi connectivity index (χ1) is 20.6. The van der Waals surface area contributed by atoms with E-state index < -0.39 is 0 Å². The first-order valence-corrected chi connectivity index (χ1v) is 15.1. The number of rotatable bonds is 7. The molecule has 0 unspecified atom stereocenters. The van der Waals surface area contributed by atoms with E-state index in [9.17, 15) is 10.1 Å². The van der Waals surface area contributed by atoms with Crippen molar-refractivity contribution in [2.75, 3.05) is 55.7 Å². The first kappa shape index (κ1) is 26.9. The lowest BCUT2D eigenvalue weighted by molar-refractivity contribution is -0.133. The summed E-state index contributed by atoms with van der Waals surface area (Å²) in [7, 11) is 0. The number of fused-ring (bicyclic) bond motifs is 2. The molecule has 3 saturated heterocycles. The van der Waals surface area contributed by atoms with Gasteiger partial charge in [0.15, 0.2) is 0 Å². The summed E-state index contributed by atoms with van der Waals surface area (Å²) in [6.07, 6.45) is 3.18. The van der Waals surface area contributed by atoms with Crippen LogP contribution in [0.1, 0.15) is 36.1 Å². The fourth-order valence-electron chi connectivity index (χ4n) is 6.68. The SMILES string of the molecule is Cc1cccc2cccc(N3CCc4c(nc(OC[C@H]5CCCO5)nc4N4CCN(C(=O)[C@H]5CN5)[C@@H](CC#N)C4)C3)c12. The lowest BCUT2D eigenvalue weighted by Crippen LogP contribution is -2.57. The summed E-state index contributed by atoms with van der Waals surface area (Å²) >= 11 is 0. The number of carbonyl (C=O) groups excluding carboxylic acids is 1. The molecule has 0 saturated carbocycles. The fourth-order valence-corrected chi connectivity index (χ4v) is 6.68. The first-order valence-electron chi connectivity index (χ1n) is 15.1. The third kappa shape index (κ3) is 5.23. The molecule has 0 radical (unpaired) electrons. The van der Waals surface area contributed by atoms with E-state index in [1.807, 2.05) is 4.90 Å². The predicted molar refractivity (Wildman–Crippen MR) is 160 cm³/mol. The highest BCUT2D eigenvalue weighted by molar-refractivity contribution is 5.97. The molecule has 0 aliphatic carbocycles. The molecule has 3 aromatic rings. The molecule has 0 bridgehead atoms. The molecule has 4 aliphatic heterocycles. The number of piperazine rings is 1. The van der Waals surface area contributed by atoms with Gasteiger partial charge >= 0.3 is 6.01 Å². The van der Waals surface area contributed by atoms with Crippen molar-refractivity contribution in [3.05, 3.63) is 53.2 Å². The number of carbonyl (C=O) groups is 1. The summed E-state index contributed by atoms with van der Waals surface area (Å²) in [6, 6.07) is 15.3. The second-order valence-electron chi connectivity index (χ2n) is 11.8. The second kappa shape index (κ2) is 11.4. The largest absolute Gasteiger partial charge is 0.461 e. The quantitative estimate of drug-likeness (QED) is 0.430. The normalized spacial score (nSPS) is 23.5. The van der Waals surface area contributed by atoms with Gasteiger partial charge in [-0.3, -0.25) is 4.79 Å². The summed E-state index contributed by atoms with van der Waals surface area (Å²) in [4.78, 5) is 29.4. The number of anilines is 2. The molecule has 2 aromatic carbocycles. The minimum Gasteiger partial charge on any atom is -0.461 e. The molecule has 42 heavy (non-hydrogen) atoms. The van der Waals surface area contributed by atoms with E-state index in [0.29, 0.717) is 45.2 Å². The maximum absolute atomic E-state index is 12.9. The summed E-state index contributed by atoms with van der Waals surface area (Å²) < 4.78 is 12.0. The van der Waals surface area contributed by atoms with Crippen LogP contribution in [0, 0.1) is 18.3 Å². The number of amides is 1. The smallest absolute Gasteiger partial charge is 0.318 e. The van der Waals surface area contributed by atoms with Crippen LogP contribution in [0.25, 0.3) is 10.8 Å². The monoisotopic (exact) mass is 567 g/mol. The van der Waals surface area contributed by atoms with Crippen molar-refractivity contribution < 1.29 is 14.3 Å². The number of aromatic nitrogens is 2. The average Bonchev–Trinajstić information content (AvgIpc) is 3.74. The fraction of sp³-hybridized carbons (Fsp3) is 0.500. The van der Waals surface area contributed by atoms with Crippen molar-refractivity contribution in [1.29, 1.82) is 5.26 Å². The highest BCUT2D eigenvalue weighted by Gasteiger charge is 2.39. The lowest BCUT2D eigenvalue weighted by atomic mass is 9.99. The predicted octanol–water partition coefficient (Wildman–Crippen LogP) is 2.96. The van der Waals surface area contributed by atoms with E-state index in [-0.39, 0.29) is 24.1 Å². The van der Waals surface area contributed by atoms with Crippen LogP contribution in [0.4, 0.5) is 11.5 Å². The van der Waals surface area contributed by atoms with Gasteiger partial charge < -0.3 is 29.5 Å².